The number of fused-ring (bicyclic) bond motifs is 1. The summed E-state index contributed by atoms with van der Waals surface area (Å²) in [5.74, 6) is 0.822. The third kappa shape index (κ3) is 6.46. The Morgan fingerprint density at radius 1 is 1.24 bits per heavy atom. The van der Waals surface area contributed by atoms with Gasteiger partial charge in [-0.05, 0) is 51.5 Å². The molecule has 9 heteroatoms. The van der Waals surface area contributed by atoms with E-state index in [1.165, 1.54) is 11.8 Å². The molecule has 1 amide bonds. The number of benzene rings is 1. The molecule has 3 rings (SSSR count). The smallest absolute Gasteiger partial charge is 0.416 e. The monoisotopic (exact) mass is 492 g/mol. The van der Waals surface area contributed by atoms with Gasteiger partial charge in [0.15, 0.2) is 5.17 Å². The van der Waals surface area contributed by atoms with Gasteiger partial charge in [-0.3, -0.25) is 9.89 Å². The lowest BCUT2D eigenvalue weighted by Gasteiger charge is -2.40. The van der Waals surface area contributed by atoms with E-state index in [-0.39, 0.29) is 29.6 Å². The van der Waals surface area contributed by atoms with Crippen LogP contribution in [-0.4, -0.2) is 66.2 Å². The summed E-state index contributed by atoms with van der Waals surface area (Å²) in [5.41, 5.74) is 0.167. The van der Waals surface area contributed by atoms with Crippen LogP contribution < -0.4 is 4.74 Å². The van der Waals surface area contributed by atoms with Gasteiger partial charge in [0.25, 0.3) is 0 Å². The maximum Gasteiger partial charge on any atom is 0.416 e. The van der Waals surface area contributed by atoms with Crippen LogP contribution in [0.3, 0.4) is 0 Å². The number of rotatable bonds is 7. The second-order valence-electron chi connectivity index (χ2n) is 9.26. The van der Waals surface area contributed by atoms with Crippen molar-refractivity contribution in [3.05, 3.63) is 42.2 Å². The lowest BCUT2D eigenvalue weighted by molar-refractivity contribution is -0.121. The van der Waals surface area contributed by atoms with Crippen LogP contribution >= 0.6 is 11.8 Å². The van der Waals surface area contributed by atoms with Crippen molar-refractivity contribution in [3.63, 3.8) is 0 Å². The highest BCUT2D eigenvalue weighted by Crippen LogP contribution is 2.41. The van der Waals surface area contributed by atoms with Crippen LogP contribution in [0.1, 0.15) is 40.2 Å². The topological polar surface area (TPSA) is 78.8 Å². The molecule has 2 aliphatic heterocycles. The van der Waals surface area contributed by atoms with Crippen molar-refractivity contribution in [2.24, 2.45) is 10.9 Å². The van der Waals surface area contributed by atoms with Crippen molar-refractivity contribution in [3.8, 4) is 5.75 Å². The summed E-state index contributed by atoms with van der Waals surface area (Å²) in [6, 6.07) is 7.56. The van der Waals surface area contributed by atoms with Gasteiger partial charge in [-0.25, -0.2) is 4.79 Å². The first-order valence-electron chi connectivity index (χ1n) is 11.5. The number of hydrogen-bond donors (Lipinski definition) is 0. The Labute approximate surface area is 206 Å². The Kier molecular flexibility index (Phi) is 8.89. The Hall–Kier alpha value is -2.23. The fourth-order valence-corrected chi connectivity index (χ4v) is 5.10. The number of aliphatic imine (C=N–C) groups is 1. The Balaban J connectivity index is 1.81. The van der Waals surface area contributed by atoms with E-state index in [0.717, 1.165) is 11.3 Å². The summed E-state index contributed by atoms with van der Waals surface area (Å²) in [4.78, 5) is 19.3. The fourth-order valence-electron chi connectivity index (χ4n) is 3.84. The van der Waals surface area contributed by atoms with Crippen LogP contribution in [0.5, 0.6) is 5.75 Å². The Morgan fingerprint density at radius 3 is 2.53 bits per heavy atom. The molecule has 1 fully saturated rings. The third-order valence-corrected chi connectivity index (χ3v) is 6.75. The second kappa shape index (κ2) is 11.5. The van der Waals surface area contributed by atoms with Crippen LogP contribution in [0.25, 0.3) is 0 Å². The molecule has 1 aromatic rings. The van der Waals surface area contributed by atoms with Gasteiger partial charge in [0.1, 0.15) is 22.8 Å². The van der Waals surface area contributed by atoms with Crippen molar-refractivity contribution in [1.82, 2.24) is 4.90 Å². The highest BCUT2D eigenvalue weighted by atomic mass is 32.2. The number of ether oxygens (including phenoxy) is 5. The summed E-state index contributed by atoms with van der Waals surface area (Å²) < 4.78 is 28.7. The van der Waals surface area contributed by atoms with Gasteiger partial charge < -0.3 is 23.7 Å². The van der Waals surface area contributed by atoms with E-state index in [0.29, 0.717) is 18.3 Å². The number of thioether (sulfide) groups is 1. The molecule has 1 aromatic carbocycles. The summed E-state index contributed by atoms with van der Waals surface area (Å²) in [6.45, 7) is 10.4. The van der Waals surface area contributed by atoms with Gasteiger partial charge in [-0.1, -0.05) is 30.8 Å². The third-order valence-electron chi connectivity index (χ3n) is 5.59. The first kappa shape index (κ1) is 26.4. The summed E-state index contributed by atoms with van der Waals surface area (Å²) in [6.07, 6.45) is 2.69. The molecule has 34 heavy (non-hydrogen) atoms. The molecule has 0 N–H and O–H groups in total. The Bertz CT molecular complexity index is 882. The lowest BCUT2D eigenvalue weighted by Crippen LogP contribution is -2.50. The molecular formula is C25H36N2O6S. The molecular weight excluding hydrogens is 456 g/mol. The molecule has 0 unspecified atom stereocenters. The van der Waals surface area contributed by atoms with Gasteiger partial charge in [0, 0.05) is 12.5 Å². The number of hydrogen-bond acceptors (Lipinski definition) is 8. The number of amides is 1. The van der Waals surface area contributed by atoms with E-state index in [9.17, 15) is 4.79 Å². The number of carbonyl (C=O) groups excluding carboxylic acids is 1. The molecule has 0 spiro atoms. The Morgan fingerprint density at radius 2 is 1.94 bits per heavy atom. The zero-order valence-electron chi connectivity index (χ0n) is 21.0. The van der Waals surface area contributed by atoms with Crippen molar-refractivity contribution < 1.29 is 28.5 Å². The van der Waals surface area contributed by atoms with E-state index in [1.807, 2.05) is 58.0 Å². The van der Waals surface area contributed by atoms with Crippen molar-refractivity contribution in [1.29, 1.82) is 0 Å². The highest BCUT2D eigenvalue weighted by Gasteiger charge is 2.49. The average Bonchev–Trinajstić information content (AvgIpc) is 3.20. The zero-order valence-corrected chi connectivity index (χ0v) is 21.8. The standard InChI is InChI=1S/C25H36N2O6S/c1-8-27(24(28)33-25(3,4)5)23-26-20-21(31-15-17-9-11-18(30-7)12-10-17)16(2)19(13-14-29-6)32-22(20)34-23/h9-14,16,19-22H,8,15H2,1-7H3/b14-13+/t16-,19-,20-,21+,22-/m1/s1. The largest absolute Gasteiger partial charge is 0.505 e. The van der Waals surface area contributed by atoms with Crippen LogP contribution in [0.4, 0.5) is 4.79 Å². The SMILES string of the molecule is CCN(C(=O)OC(C)(C)C)C1=N[C@@H]2[C@@H](OCc3ccc(OC)cc3)[C@H](C)[C@@H](/C=C/OC)O[C@@H]2S1. The number of nitrogens with zero attached hydrogens (tertiary/aromatic N) is 2. The maximum atomic E-state index is 12.8. The van der Waals surface area contributed by atoms with Gasteiger partial charge >= 0.3 is 6.09 Å². The summed E-state index contributed by atoms with van der Waals surface area (Å²) in [5, 5.41) is 0.591. The molecule has 0 bridgehead atoms. The second-order valence-corrected chi connectivity index (χ2v) is 10.3. The van der Waals surface area contributed by atoms with E-state index in [1.54, 1.807) is 25.4 Å². The van der Waals surface area contributed by atoms with Crippen LogP contribution in [0.15, 0.2) is 41.6 Å². The summed E-state index contributed by atoms with van der Waals surface area (Å²) in [7, 11) is 3.25. The average molecular weight is 493 g/mol. The normalized spacial score (nSPS) is 26.7. The number of methoxy groups -OCH3 is 2. The quantitative estimate of drug-likeness (QED) is 0.505. The maximum absolute atomic E-state index is 12.8. The lowest BCUT2D eigenvalue weighted by atomic mass is 9.90. The van der Waals surface area contributed by atoms with Crippen molar-refractivity contribution >= 4 is 23.0 Å². The van der Waals surface area contributed by atoms with Gasteiger partial charge in [0.2, 0.25) is 0 Å². The van der Waals surface area contributed by atoms with E-state index >= 15 is 0 Å². The van der Waals surface area contributed by atoms with E-state index < -0.39 is 11.7 Å². The first-order valence-corrected chi connectivity index (χ1v) is 12.4. The number of carbonyl (C=O) groups is 1. The molecule has 8 nitrogen and oxygen atoms in total. The van der Waals surface area contributed by atoms with E-state index in [2.05, 4.69) is 6.92 Å². The fraction of sp³-hybridized carbons (Fsp3) is 0.600. The molecule has 0 aromatic heterocycles. The molecule has 188 valence electrons. The molecule has 5 atom stereocenters. The van der Waals surface area contributed by atoms with Crippen LogP contribution in [0, 0.1) is 5.92 Å². The number of amidine groups is 1. The predicted molar refractivity (Wildman–Crippen MR) is 133 cm³/mol. The van der Waals surface area contributed by atoms with Crippen molar-refractivity contribution in [2.45, 2.75) is 70.5 Å². The van der Waals surface area contributed by atoms with Gasteiger partial charge in [-0.15, -0.1) is 0 Å². The first-order chi connectivity index (χ1) is 16.2. The molecule has 2 aliphatic rings. The molecule has 2 heterocycles. The van der Waals surface area contributed by atoms with Gasteiger partial charge in [-0.2, -0.15) is 0 Å². The summed E-state index contributed by atoms with van der Waals surface area (Å²) >= 11 is 1.43. The minimum atomic E-state index is -0.591. The van der Waals surface area contributed by atoms with Crippen LogP contribution in [0.2, 0.25) is 0 Å². The predicted octanol–water partition coefficient (Wildman–Crippen LogP) is 4.83. The molecule has 0 radical (unpaired) electrons. The molecule has 1 saturated heterocycles. The zero-order chi connectivity index (χ0) is 24.9. The van der Waals surface area contributed by atoms with Gasteiger partial charge in [0.05, 0.1) is 39.3 Å². The van der Waals surface area contributed by atoms with Crippen LogP contribution in [-0.2, 0) is 25.6 Å². The van der Waals surface area contributed by atoms with Crippen molar-refractivity contribution in [2.75, 3.05) is 20.8 Å². The highest BCUT2D eigenvalue weighted by molar-refractivity contribution is 8.14. The van der Waals surface area contributed by atoms with E-state index in [4.69, 9.17) is 28.7 Å². The molecule has 0 aliphatic carbocycles. The molecule has 0 saturated carbocycles. The minimum absolute atomic E-state index is 0.0196. The minimum Gasteiger partial charge on any atom is -0.505 e.